The molecule has 0 saturated heterocycles. The third-order valence-electron chi connectivity index (χ3n) is 2.42. The number of fused-ring (bicyclic) bond motifs is 1. The van der Waals surface area contributed by atoms with E-state index in [2.05, 4.69) is 36.4 Å². The smallest absolute Gasteiger partial charge is 0.275 e. The van der Waals surface area contributed by atoms with Crippen LogP contribution in [0.2, 0.25) is 0 Å². The molecule has 0 aliphatic rings. The molecule has 90 valence electrons. The van der Waals surface area contributed by atoms with E-state index >= 15 is 0 Å². The molecule has 0 aliphatic carbocycles. The number of halogens is 1. The molecule has 0 aliphatic heterocycles. The lowest BCUT2D eigenvalue weighted by Gasteiger charge is -1.96. The number of nitrogens with zero attached hydrogens (tertiary/aromatic N) is 3. The van der Waals surface area contributed by atoms with Gasteiger partial charge >= 0.3 is 0 Å². The SMILES string of the molecule is O=C(Nc1cn[nH]c1)c1cn2cccc(Br)c2n1. The number of hydrogen-bond donors (Lipinski definition) is 2. The third-order valence-corrected chi connectivity index (χ3v) is 3.04. The second kappa shape index (κ2) is 4.26. The number of nitrogens with one attached hydrogen (secondary N) is 2. The molecule has 0 bridgehead atoms. The van der Waals surface area contributed by atoms with Gasteiger partial charge in [-0.25, -0.2) is 4.98 Å². The van der Waals surface area contributed by atoms with Crippen LogP contribution in [0, 0.1) is 0 Å². The van der Waals surface area contributed by atoms with Crippen LogP contribution >= 0.6 is 15.9 Å². The van der Waals surface area contributed by atoms with E-state index in [-0.39, 0.29) is 5.91 Å². The number of rotatable bonds is 2. The maximum absolute atomic E-state index is 11.9. The minimum atomic E-state index is -0.271. The van der Waals surface area contributed by atoms with Crippen LogP contribution in [-0.4, -0.2) is 25.5 Å². The molecule has 0 unspecified atom stereocenters. The number of anilines is 1. The van der Waals surface area contributed by atoms with Crippen LogP contribution in [0.15, 0.2) is 41.4 Å². The minimum Gasteiger partial charge on any atom is -0.318 e. The molecular weight excluding hydrogens is 298 g/mol. The Hall–Kier alpha value is -2.15. The van der Waals surface area contributed by atoms with Crippen LogP contribution in [0.5, 0.6) is 0 Å². The molecule has 0 saturated carbocycles. The first-order chi connectivity index (χ1) is 8.74. The highest BCUT2D eigenvalue weighted by molar-refractivity contribution is 9.10. The van der Waals surface area contributed by atoms with Crippen LogP contribution in [0.1, 0.15) is 10.5 Å². The van der Waals surface area contributed by atoms with Gasteiger partial charge in [-0.15, -0.1) is 0 Å². The van der Waals surface area contributed by atoms with E-state index in [4.69, 9.17) is 0 Å². The van der Waals surface area contributed by atoms with Crippen molar-refractivity contribution >= 4 is 33.2 Å². The van der Waals surface area contributed by atoms with E-state index in [0.29, 0.717) is 17.0 Å². The van der Waals surface area contributed by atoms with E-state index < -0.39 is 0 Å². The topological polar surface area (TPSA) is 75.1 Å². The zero-order valence-corrected chi connectivity index (χ0v) is 10.7. The number of imidazole rings is 1. The second-order valence-electron chi connectivity index (χ2n) is 3.65. The number of pyridine rings is 1. The number of carbonyl (C=O) groups excluding carboxylic acids is 1. The van der Waals surface area contributed by atoms with Crippen LogP contribution in [0.3, 0.4) is 0 Å². The monoisotopic (exact) mass is 305 g/mol. The van der Waals surface area contributed by atoms with E-state index in [9.17, 15) is 4.79 Å². The highest BCUT2D eigenvalue weighted by Crippen LogP contribution is 2.17. The second-order valence-corrected chi connectivity index (χ2v) is 4.51. The normalized spacial score (nSPS) is 10.7. The number of carbonyl (C=O) groups is 1. The Bertz CT molecular complexity index is 703. The Balaban J connectivity index is 1.94. The maximum atomic E-state index is 11.9. The fourth-order valence-corrected chi connectivity index (χ4v) is 2.05. The van der Waals surface area contributed by atoms with Crippen molar-refractivity contribution in [3.63, 3.8) is 0 Å². The van der Waals surface area contributed by atoms with Gasteiger partial charge in [-0.3, -0.25) is 9.89 Å². The molecule has 3 rings (SSSR count). The molecule has 7 heteroatoms. The van der Waals surface area contributed by atoms with Gasteiger partial charge in [0.2, 0.25) is 0 Å². The number of H-pyrrole nitrogens is 1. The van der Waals surface area contributed by atoms with Gasteiger partial charge in [0.15, 0.2) is 5.65 Å². The lowest BCUT2D eigenvalue weighted by molar-refractivity contribution is 0.102. The first kappa shape index (κ1) is 11.0. The molecule has 0 radical (unpaired) electrons. The lowest BCUT2D eigenvalue weighted by Crippen LogP contribution is -2.11. The third kappa shape index (κ3) is 1.88. The van der Waals surface area contributed by atoms with Gasteiger partial charge in [0, 0.05) is 18.6 Å². The van der Waals surface area contributed by atoms with Crippen LogP contribution in [0.25, 0.3) is 5.65 Å². The predicted octanol–water partition coefficient (Wildman–Crippen LogP) is 2.07. The van der Waals surface area contributed by atoms with Crippen molar-refractivity contribution < 1.29 is 4.79 Å². The highest BCUT2D eigenvalue weighted by atomic mass is 79.9. The molecule has 3 aromatic rings. The summed E-state index contributed by atoms with van der Waals surface area (Å²) in [6.07, 6.45) is 6.64. The van der Waals surface area contributed by atoms with Gasteiger partial charge < -0.3 is 9.72 Å². The van der Waals surface area contributed by atoms with Crippen molar-refractivity contribution in [1.29, 1.82) is 0 Å². The summed E-state index contributed by atoms with van der Waals surface area (Å²) >= 11 is 3.39. The Morgan fingerprint density at radius 1 is 1.50 bits per heavy atom. The number of aromatic amines is 1. The maximum Gasteiger partial charge on any atom is 0.275 e. The van der Waals surface area contributed by atoms with E-state index in [1.54, 1.807) is 16.8 Å². The van der Waals surface area contributed by atoms with Crippen molar-refractivity contribution in [3.8, 4) is 0 Å². The summed E-state index contributed by atoms with van der Waals surface area (Å²) in [4.78, 5) is 16.2. The molecule has 6 nitrogen and oxygen atoms in total. The van der Waals surface area contributed by atoms with Crippen molar-refractivity contribution in [2.24, 2.45) is 0 Å². The largest absolute Gasteiger partial charge is 0.318 e. The molecular formula is C11H8BrN5O. The molecule has 18 heavy (non-hydrogen) atoms. The first-order valence-corrected chi connectivity index (χ1v) is 5.97. The summed E-state index contributed by atoms with van der Waals surface area (Å²) in [7, 11) is 0. The molecule has 2 N–H and O–H groups in total. The fraction of sp³-hybridized carbons (Fsp3) is 0. The molecule has 0 atom stereocenters. The van der Waals surface area contributed by atoms with E-state index in [1.807, 2.05) is 18.3 Å². The summed E-state index contributed by atoms with van der Waals surface area (Å²) < 4.78 is 2.63. The Labute approximate surface area is 110 Å². The average Bonchev–Trinajstić information content (AvgIpc) is 2.97. The minimum absolute atomic E-state index is 0.271. The first-order valence-electron chi connectivity index (χ1n) is 5.17. The Morgan fingerprint density at radius 3 is 3.11 bits per heavy atom. The molecule has 0 fully saturated rings. The number of amides is 1. The molecule has 1 amide bonds. The van der Waals surface area contributed by atoms with Gasteiger partial charge in [0.1, 0.15) is 5.69 Å². The van der Waals surface area contributed by atoms with Gasteiger partial charge in [0.25, 0.3) is 5.91 Å². The summed E-state index contributed by atoms with van der Waals surface area (Å²) in [5.41, 5.74) is 1.66. The van der Waals surface area contributed by atoms with Crippen LogP contribution in [0.4, 0.5) is 5.69 Å². The fourth-order valence-electron chi connectivity index (χ4n) is 1.60. The van der Waals surface area contributed by atoms with E-state index in [1.165, 1.54) is 6.20 Å². The summed E-state index contributed by atoms with van der Waals surface area (Å²) in [6.45, 7) is 0. The summed E-state index contributed by atoms with van der Waals surface area (Å²) in [6, 6.07) is 3.75. The van der Waals surface area contributed by atoms with Gasteiger partial charge in [-0.05, 0) is 28.1 Å². The van der Waals surface area contributed by atoms with Crippen LogP contribution < -0.4 is 5.32 Å². The summed E-state index contributed by atoms with van der Waals surface area (Å²) in [5.74, 6) is -0.271. The van der Waals surface area contributed by atoms with E-state index in [0.717, 1.165) is 4.47 Å². The van der Waals surface area contributed by atoms with Crippen molar-refractivity contribution in [2.45, 2.75) is 0 Å². The summed E-state index contributed by atoms with van der Waals surface area (Å²) in [5, 5.41) is 9.07. The average molecular weight is 306 g/mol. The van der Waals surface area contributed by atoms with Crippen molar-refractivity contribution in [2.75, 3.05) is 5.32 Å². The number of hydrogen-bond acceptors (Lipinski definition) is 3. The molecule has 3 heterocycles. The van der Waals surface area contributed by atoms with Crippen molar-refractivity contribution in [3.05, 3.63) is 47.1 Å². The molecule has 3 aromatic heterocycles. The standard InChI is InChI=1S/C11H8BrN5O/c12-8-2-1-3-17-6-9(16-10(8)17)11(18)15-7-4-13-14-5-7/h1-6H,(H,13,14)(H,15,18). The Morgan fingerprint density at radius 2 is 2.39 bits per heavy atom. The van der Waals surface area contributed by atoms with Gasteiger partial charge in [-0.2, -0.15) is 5.10 Å². The zero-order valence-electron chi connectivity index (χ0n) is 9.09. The lowest BCUT2D eigenvalue weighted by atomic mass is 10.4. The zero-order chi connectivity index (χ0) is 12.5. The number of aromatic nitrogens is 4. The van der Waals surface area contributed by atoms with Gasteiger partial charge in [-0.1, -0.05) is 0 Å². The van der Waals surface area contributed by atoms with Crippen LogP contribution in [-0.2, 0) is 0 Å². The predicted molar refractivity (Wildman–Crippen MR) is 69.4 cm³/mol. The Kier molecular flexibility index (Phi) is 2.60. The van der Waals surface area contributed by atoms with Gasteiger partial charge in [0.05, 0.1) is 16.4 Å². The van der Waals surface area contributed by atoms with Crippen molar-refractivity contribution in [1.82, 2.24) is 19.6 Å². The molecule has 0 aromatic carbocycles. The molecule has 0 spiro atoms. The highest BCUT2D eigenvalue weighted by Gasteiger charge is 2.12. The quantitative estimate of drug-likeness (QED) is 0.761.